The fourth-order valence-corrected chi connectivity index (χ4v) is 2.91. The third-order valence-corrected chi connectivity index (χ3v) is 4.37. The smallest absolute Gasteiger partial charge is 0.224 e. The predicted molar refractivity (Wildman–Crippen MR) is 119 cm³/mol. The maximum absolute atomic E-state index is 5.49. The minimum absolute atomic E-state index is 0.468. The van der Waals surface area contributed by atoms with E-state index in [2.05, 4.69) is 9.98 Å². The molecular weight excluding hydrogens is 380 g/mol. The zero-order valence-electron chi connectivity index (χ0n) is 17.5. The molecule has 0 N–H and O–H groups in total. The van der Waals surface area contributed by atoms with Gasteiger partial charge in [-0.2, -0.15) is 0 Å². The quantitative estimate of drug-likeness (QED) is 0.421. The van der Waals surface area contributed by atoms with Gasteiger partial charge < -0.3 is 18.9 Å². The zero-order valence-corrected chi connectivity index (χ0v) is 17.5. The van der Waals surface area contributed by atoms with E-state index in [0.29, 0.717) is 23.3 Å². The third kappa shape index (κ3) is 4.78. The first-order valence-corrected chi connectivity index (χ1v) is 9.32. The summed E-state index contributed by atoms with van der Waals surface area (Å²) in [4.78, 5) is 9.19. The molecule has 154 valence electrons. The summed E-state index contributed by atoms with van der Waals surface area (Å²) < 4.78 is 21.8. The molecule has 6 nitrogen and oxygen atoms in total. The van der Waals surface area contributed by atoms with Crippen molar-refractivity contribution in [3.05, 3.63) is 83.9 Å². The zero-order chi connectivity index (χ0) is 21.3. The molecule has 0 aliphatic carbocycles. The average Bonchev–Trinajstić information content (AvgIpc) is 2.81. The van der Waals surface area contributed by atoms with Gasteiger partial charge in [0.15, 0.2) is 0 Å². The molecule has 3 aromatic carbocycles. The Kier molecular flexibility index (Phi) is 7.05. The average molecular weight is 404 g/mol. The van der Waals surface area contributed by atoms with Crippen LogP contribution in [0.5, 0.6) is 11.5 Å². The van der Waals surface area contributed by atoms with Crippen LogP contribution in [0.3, 0.4) is 0 Å². The summed E-state index contributed by atoms with van der Waals surface area (Å²) in [6.45, 7) is 0. The topological polar surface area (TPSA) is 61.6 Å². The lowest BCUT2D eigenvalue weighted by Gasteiger charge is -2.10. The van der Waals surface area contributed by atoms with Crippen molar-refractivity contribution in [1.82, 2.24) is 0 Å². The molecule has 0 radical (unpaired) electrons. The Morgan fingerprint density at radius 3 is 1.23 bits per heavy atom. The highest BCUT2D eigenvalue weighted by Gasteiger charge is 2.11. The van der Waals surface area contributed by atoms with Crippen LogP contribution in [0.2, 0.25) is 0 Å². The van der Waals surface area contributed by atoms with Crippen molar-refractivity contribution in [3.63, 3.8) is 0 Å². The molecule has 0 aliphatic rings. The Morgan fingerprint density at radius 1 is 0.533 bits per heavy atom. The van der Waals surface area contributed by atoms with Gasteiger partial charge in [0.05, 0.1) is 50.9 Å². The standard InChI is InChI=1S/C24H24N2O4/c1-27-21-11-7-5-9-19(21)23(29-3)25-17-13-15-18(16-14-17)26-24(30-4)20-10-6-8-12-22(20)28-2/h5-16H,1-4H3. The van der Waals surface area contributed by atoms with Crippen LogP contribution in [0, 0.1) is 0 Å². The summed E-state index contributed by atoms with van der Waals surface area (Å²) in [5.41, 5.74) is 3.02. The molecule has 0 atom stereocenters. The Hall–Kier alpha value is -3.80. The maximum Gasteiger partial charge on any atom is 0.224 e. The Morgan fingerprint density at radius 2 is 0.900 bits per heavy atom. The third-order valence-electron chi connectivity index (χ3n) is 4.37. The minimum atomic E-state index is 0.468. The summed E-state index contributed by atoms with van der Waals surface area (Å²) in [7, 11) is 6.41. The van der Waals surface area contributed by atoms with Crippen LogP contribution in [0.4, 0.5) is 11.4 Å². The van der Waals surface area contributed by atoms with Gasteiger partial charge in [0, 0.05) is 0 Å². The molecule has 30 heavy (non-hydrogen) atoms. The van der Waals surface area contributed by atoms with E-state index < -0.39 is 0 Å². The molecule has 0 saturated heterocycles. The number of hydrogen-bond acceptors (Lipinski definition) is 6. The SMILES string of the molecule is COC(=Nc1ccc(N=C(OC)c2ccccc2OC)cc1)c1ccccc1OC. The first kappa shape index (κ1) is 20.9. The lowest BCUT2D eigenvalue weighted by Crippen LogP contribution is -2.05. The van der Waals surface area contributed by atoms with Crippen LogP contribution in [0.25, 0.3) is 0 Å². The minimum Gasteiger partial charge on any atom is -0.496 e. The molecule has 3 rings (SSSR count). The largest absolute Gasteiger partial charge is 0.496 e. The molecule has 0 heterocycles. The molecule has 0 aliphatic heterocycles. The van der Waals surface area contributed by atoms with Gasteiger partial charge in [-0.15, -0.1) is 0 Å². The molecule has 0 spiro atoms. The fourth-order valence-electron chi connectivity index (χ4n) is 2.91. The molecule has 0 amide bonds. The second-order valence-electron chi connectivity index (χ2n) is 6.16. The van der Waals surface area contributed by atoms with Crippen molar-refractivity contribution in [3.8, 4) is 11.5 Å². The number of para-hydroxylation sites is 2. The highest BCUT2D eigenvalue weighted by atomic mass is 16.5. The van der Waals surface area contributed by atoms with E-state index in [9.17, 15) is 0 Å². The molecular formula is C24H24N2O4. The first-order valence-electron chi connectivity index (χ1n) is 9.32. The highest BCUT2D eigenvalue weighted by Crippen LogP contribution is 2.25. The lowest BCUT2D eigenvalue weighted by atomic mass is 10.2. The molecule has 0 unspecified atom stereocenters. The van der Waals surface area contributed by atoms with E-state index in [0.717, 1.165) is 22.5 Å². The van der Waals surface area contributed by atoms with Crippen molar-refractivity contribution >= 4 is 23.2 Å². The van der Waals surface area contributed by atoms with Crippen LogP contribution < -0.4 is 9.47 Å². The molecule has 0 saturated carbocycles. The van der Waals surface area contributed by atoms with E-state index >= 15 is 0 Å². The Bertz CT molecular complexity index is 959. The molecule has 6 heteroatoms. The van der Waals surface area contributed by atoms with Gasteiger partial charge in [0.2, 0.25) is 11.8 Å². The highest BCUT2D eigenvalue weighted by molar-refractivity contribution is 5.99. The number of ether oxygens (including phenoxy) is 4. The Balaban J connectivity index is 1.90. The van der Waals surface area contributed by atoms with Gasteiger partial charge in [0.25, 0.3) is 0 Å². The molecule has 0 fully saturated rings. The summed E-state index contributed by atoms with van der Waals surface area (Å²) in [5.74, 6) is 2.33. The number of hydrogen-bond donors (Lipinski definition) is 0. The van der Waals surface area contributed by atoms with Gasteiger partial charge in [-0.1, -0.05) is 24.3 Å². The van der Waals surface area contributed by atoms with Crippen LogP contribution >= 0.6 is 0 Å². The van der Waals surface area contributed by atoms with Crippen LogP contribution in [-0.4, -0.2) is 40.2 Å². The van der Waals surface area contributed by atoms with E-state index in [4.69, 9.17) is 18.9 Å². The van der Waals surface area contributed by atoms with Gasteiger partial charge >= 0.3 is 0 Å². The van der Waals surface area contributed by atoms with Crippen LogP contribution in [0.1, 0.15) is 11.1 Å². The van der Waals surface area contributed by atoms with Crippen molar-refractivity contribution < 1.29 is 18.9 Å². The lowest BCUT2D eigenvalue weighted by molar-refractivity contribution is 0.390. The molecule has 3 aromatic rings. The maximum atomic E-state index is 5.49. The van der Waals surface area contributed by atoms with Gasteiger partial charge in [-0.25, -0.2) is 9.98 Å². The van der Waals surface area contributed by atoms with Crippen molar-refractivity contribution in [2.45, 2.75) is 0 Å². The monoisotopic (exact) mass is 404 g/mol. The second-order valence-corrected chi connectivity index (χ2v) is 6.16. The number of rotatable bonds is 6. The Labute approximate surface area is 176 Å². The second kappa shape index (κ2) is 10.1. The predicted octanol–water partition coefficient (Wildman–Crippen LogP) is 5.15. The summed E-state index contributed by atoms with van der Waals surface area (Å²) in [6, 6.07) is 22.6. The van der Waals surface area contributed by atoms with E-state index in [1.807, 2.05) is 72.8 Å². The normalized spacial score (nSPS) is 11.7. The summed E-state index contributed by atoms with van der Waals surface area (Å²) in [6.07, 6.45) is 0. The van der Waals surface area contributed by atoms with E-state index in [-0.39, 0.29) is 0 Å². The molecule has 0 aromatic heterocycles. The summed E-state index contributed by atoms with van der Waals surface area (Å²) >= 11 is 0. The number of methoxy groups -OCH3 is 4. The number of nitrogens with zero attached hydrogens (tertiary/aromatic N) is 2. The molecule has 0 bridgehead atoms. The van der Waals surface area contributed by atoms with Crippen LogP contribution in [-0.2, 0) is 9.47 Å². The van der Waals surface area contributed by atoms with Gasteiger partial charge in [-0.3, -0.25) is 0 Å². The number of benzene rings is 3. The number of aliphatic imine (C=N–C) groups is 2. The summed E-state index contributed by atoms with van der Waals surface area (Å²) in [5, 5.41) is 0. The van der Waals surface area contributed by atoms with Gasteiger partial charge in [-0.05, 0) is 48.5 Å². The van der Waals surface area contributed by atoms with Crippen molar-refractivity contribution in [2.24, 2.45) is 9.98 Å². The van der Waals surface area contributed by atoms with Crippen molar-refractivity contribution in [1.29, 1.82) is 0 Å². The van der Waals surface area contributed by atoms with E-state index in [1.54, 1.807) is 28.4 Å². The van der Waals surface area contributed by atoms with Crippen molar-refractivity contribution in [2.75, 3.05) is 28.4 Å². The van der Waals surface area contributed by atoms with Gasteiger partial charge in [0.1, 0.15) is 11.5 Å². The van der Waals surface area contributed by atoms with E-state index in [1.165, 1.54) is 0 Å². The van der Waals surface area contributed by atoms with Crippen LogP contribution in [0.15, 0.2) is 82.8 Å². The first-order chi connectivity index (χ1) is 14.7. The fraction of sp³-hybridized carbons (Fsp3) is 0.167.